The van der Waals surface area contributed by atoms with E-state index < -0.39 is 0 Å². The molecule has 0 radical (unpaired) electrons. The maximum Gasteiger partial charge on any atom is 0.272 e. The standard InChI is InChI=1S/C22H21ClN4O2/c23-16-14-19(25-21(15-16)24-18-8-4-5-9-20(18)28)22(29)27-12-10-26(11-13-27)17-6-2-1-3-7-17/h1-9,14-15,28H,10-13H2,(H,24,25). The molecule has 3 aromatic rings. The first kappa shape index (κ1) is 19.1. The fraction of sp³-hybridized carbons (Fsp3) is 0.182. The summed E-state index contributed by atoms with van der Waals surface area (Å²) in [6, 6.07) is 20.2. The van der Waals surface area contributed by atoms with Gasteiger partial charge in [-0.05, 0) is 36.4 Å². The molecular weight excluding hydrogens is 388 g/mol. The molecule has 0 saturated carbocycles. The average molecular weight is 409 g/mol. The zero-order valence-corrected chi connectivity index (χ0v) is 16.5. The number of nitrogens with one attached hydrogen (secondary N) is 1. The molecule has 1 saturated heterocycles. The van der Waals surface area contributed by atoms with Gasteiger partial charge in [0.25, 0.3) is 5.91 Å². The van der Waals surface area contributed by atoms with Crippen LogP contribution in [0.25, 0.3) is 0 Å². The Hall–Kier alpha value is -3.25. The van der Waals surface area contributed by atoms with Gasteiger partial charge < -0.3 is 20.2 Å². The van der Waals surface area contributed by atoms with Gasteiger partial charge in [-0.15, -0.1) is 0 Å². The number of anilines is 3. The predicted octanol–water partition coefficient (Wildman–Crippen LogP) is 4.15. The van der Waals surface area contributed by atoms with Crippen LogP contribution in [0.15, 0.2) is 66.7 Å². The lowest BCUT2D eigenvalue weighted by Crippen LogP contribution is -2.49. The molecule has 0 bridgehead atoms. The van der Waals surface area contributed by atoms with Crippen molar-refractivity contribution in [2.45, 2.75) is 0 Å². The molecule has 1 aliphatic heterocycles. The molecule has 0 spiro atoms. The minimum Gasteiger partial charge on any atom is -0.506 e. The van der Waals surface area contributed by atoms with E-state index in [1.165, 1.54) is 0 Å². The van der Waals surface area contributed by atoms with E-state index in [0.29, 0.717) is 29.6 Å². The van der Waals surface area contributed by atoms with Crippen molar-refractivity contribution in [3.05, 3.63) is 77.4 Å². The number of hydrogen-bond acceptors (Lipinski definition) is 5. The molecule has 2 heterocycles. The minimum absolute atomic E-state index is 0.0965. The quantitative estimate of drug-likeness (QED) is 0.635. The zero-order chi connectivity index (χ0) is 20.2. The van der Waals surface area contributed by atoms with Crippen molar-refractivity contribution in [2.24, 2.45) is 0 Å². The smallest absolute Gasteiger partial charge is 0.272 e. The predicted molar refractivity (Wildman–Crippen MR) is 115 cm³/mol. The van der Waals surface area contributed by atoms with Crippen molar-refractivity contribution in [1.29, 1.82) is 0 Å². The monoisotopic (exact) mass is 408 g/mol. The highest BCUT2D eigenvalue weighted by Gasteiger charge is 2.23. The number of aromatic nitrogens is 1. The van der Waals surface area contributed by atoms with E-state index in [1.807, 2.05) is 18.2 Å². The van der Waals surface area contributed by atoms with E-state index in [-0.39, 0.29) is 17.4 Å². The Morgan fingerprint density at radius 2 is 1.66 bits per heavy atom. The number of hydrogen-bond donors (Lipinski definition) is 2. The van der Waals surface area contributed by atoms with Crippen molar-refractivity contribution in [3.63, 3.8) is 0 Å². The first-order valence-corrected chi connectivity index (χ1v) is 9.80. The van der Waals surface area contributed by atoms with Crippen molar-refractivity contribution in [1.82, 2.24) is 9.88 Å². The van der Waals surface area contributed by atoms with Crippen LogP contribution in [-0.4, -0.2) is 47.1 Å². The van der Waals surface area contributed by atoms with Crippen LogP contribution < -0.4 is 10.2 Å². The van der Waals surface area contributed by atoms with Gasteiger partial charge >= 0.3 is 0 Å². The van der Waals surface area contributed by atoms with Crippen LogP contribution in [-0.2, 0) is 0 Å². The zero-order valence-electron chi connectivity index (χ0n) is 15.8. The summed E-state index contributed by atoms with van der Waals surface area (Å²) in [5.41, 5.74) is 1.94. The highest BCUT2D eigenvalue weighted by atomic mass is 35.5. The number of para-hydroxylation sites is 3. The lowest BCUT2D eigenvalue weighted by molar-refractivity contribution is 0.0741. The fourth-order valence-corrected chi connectivity index (χ4v) is 3.56. The Bertz CT molecular complexity index is 1000. The molecule has 0 atom stereocenters. The van der Waals surface area contributed by atoms with Gasteiger partial charge in [-0.1, -0.05) is 41.9 Å². The van der Waals surface area contributed by atoms with Crippen molar-refractivity contribution < 1.29 is 9.90 Å². The van der Waals surface area contributed by atoms with E-state index in [0.717, 1.165) is 18.8 Å². The molecule has 0 unspecified atom stereocenters. The summed E-state index contributed by atoms with van der Waals surface area (Å²) in [4.78, 5) is 21.4. The molecule has 148 valence electrons. The molecule has 0 aliphatic carbocycles. The van der Waals surface area contributed by atoms with Crippen molar-refractivity contribution in [2.75, 3.05) is 36.4 Å². The highest BCUT2D eigenvalue weighted by molar-refractivity contribution is 6.31. The van der Waals surface area contributed by atoms with E-state index in [2.05, 4.69) is 27.3 Å². The normalized spacial score (nSPS) is 14.0. The second-order valence-corrected chi connectivity index (χ2v) is 7.25. The van der Waals surface area contributed by atoms with Gasteiger partial charge in [0.1, 0.15) is 17.3 Å². The molecule has 1 amide bonds. The molecule has 1 fully saturated rings. The van der Waals surface area contributed by atoms with Gasteiger partial charge in [-0.2, -0.15) is 0 Å². The molecule has 1 aliphatic rings. The number of phenolic OH excluding ortho intramolecular Hbond substituents is 1. The summed E-state index contributed by atoms with van der Waals surface area (Å²) in [5, 5.41) is 13.4. The Kier molecular flexibility index (Phi) is 5.53. The summed E-state index contributed by atoms with van der Waals surface area (Å²) in [6.07, 6.45) is 0. The maximum atomic E-state index is 13.0. The third-order valence-electron chi connectivity index (χ3n) is 4.86. The number of benzene rings is 2. The molecule has 2 N–H and O–H groups in total. The number of carbonyl (C=O) groups excluding carboxylic acids is 1. The number of pyridine rings is 1. The number of nitrogens with zero attached hydrogens (tertiary/aromatic N) is 3. The Balaban J connectivity index is 1.46. The molecule has 7 heteroatoms. The second-order valence-electron chi connectivity index (χ2n) is 6.81. The van der Waals surface area contributed by atoms with Gasteiger partial charge in [-0.3, -0.25) is 4.79 Å². The number of halogens is 1. The summed E-state index contributed by atoms with van der Waals surface area (Å²) < 4.78 is 0. The maximum absolute atomic E-state index is 13.0. The van der Waals surface area contributed by atoms with Crippen LogP contribution in [0.3, 0.4) is 0 Å². The van der Waals surface area contributed by atoms with Crippen LogP contribution in [0.1, 0.15) is 10.5 Å². The van der Waals surface area contributed by atoms with Crippen molar-refractivity contribution in [3.8, 4) is 5.75 Å². The third-order valence-corrected chi connectivity index (χ3v) is 5.08. The van der Waals surface area contributed by atoms with E-state index >= 15 is 0 Å². The summed E-state index contributed by atoms with van der Waals surface area (Å²) in [6.45, 7) is 2.76. The lowest BCUT2D eigenvalue weighted by atomic mass is 10.2. The Morgan fingerprint density at radius 3 is 2.38 bits per heavy atom. The van der Waals surface area contributed by atoms with E-state index in [1.54, 1.807) is 41.3 Å². The lowest BCUT2D eigenvalue weighted by Gasteiger charge is -2.36. The van der Waals surface area contributed by atoms with Crippen LogP contribution >= 0.6 is 11.6 Å². The Labute approximate surface area is 174 Å². The van der Waals surface area contributed by atoms with Crippen LogP contribution in [0.5, 0.6) is 5.75 Å². The third kappa shape index (κ3) is 4.43. The number of piperazine rings is 1. The second kappa shape index (κ2) is 8.41. The minimum atomic E-state index is -0.152. The fourth-order valence-electron chi connectivity index (χ4n) is 3.36. The van der Waals surface area contributed by atoms with Crippen LogP contribution in [0.2, 0.25) is 5.02 Å². The summed E-state index contributed by atoms with van der Waals surface area (Å²) in [5.74, 6) is 0.352. The van der Waals surface area contributed by atoms with Crippen molar-refractivity contribution >= 4 is 34.7 Å². The number of rotatable bonds is 4. The number of amides is 1. The SMILES string of the molecule is O=C(c1cc(Cl)cc(Nc2ccccc2O)n1)N1CCN(c2ccccc2)CC1. The molecule has 2 aromatic carbocycles. The topological polar surface area (TPSA) is 68.7 Å². The van der Waals surface area contributed by atoms with Gasteiger partial charge in [0.05, 0.1) is 5.69 Å². The van der Waals surface area contributed by atoms with E-state index in [4.69, 9.17) is 11.6 Å². The first-order chi connectivity index (χ1) is 14.1. The van der Waals surface area contributed by atoms with Gasteiger partial charge in [0.15, 0.2) is 0 Å². The molecule has 4 rings (SSSR count). The Morgan fingerprint density at radius 1 is 0.966 bits per heavy atom. The molecular formula is C22H21ClN4O2. The van der Waals surface area contributed by atoms with Gasteiger partial charge in [0, 0.05) is 36.9 Å². The number of aromatic hydroxyl groups is 1. The van der Waals surface area contributed by atoms with Gasteiger partial charge in [-0.25, -0.2) is 4.98 Å². The summed E-state index contributed by atoms with van der Waals surface area (Å²) >= 11 is 6.22. The summed E-state index contributed by atoms with van der Waals surface area (Å²) in [7, 11) is 0. The highest BCUT2D eigenvalue weighted by Crippen LogP contribution is 2.27. The number of phenols is 1. The van der Waals surface area contributed by atoms with Crippen LogP contribution in [0, 0.1) is 0 Å². The molecule has 1 aromatic heterocycles. The van der Waals surface area contributed by atoms with Gasteiger partial charge in [0.2, 0.25) is 0 Å². The molecule has 6 nitrogen and oxygen atoms in total. The van der Waals surface area contributed by atoms with Crippen LogP contribution in [0.4, 0.5) is 17.2 Å². The average Bonchev–Trinajstić information content (AvgIpc) is 2.75. The van der Waals surface area contributed by atoms with E-state index in [9.17, 15) is 9.90 Å². The largest absolute Gasteiger partial charge is 0.506 e. The number of carbonyl (C=O) groups is 1. The first-order valence-electron chi connectivity index (χ1n) is 9.42. The molecule has 29 heavy (non-hydrogen) atoms.